The average molecular weight is 371 g/mol. The Kier molecular flexibility index (Phi) is 5.76. The van der Waals surface area contributed by atoms with Crippen molar-refractivity contribution in [3.8, 4) is 11.5 Å². The Morgan fingerprint density at radius 3 is 2.62 bits per heavy atom. The Morgan fingerprint density at radius 2 is 1.95 bits per heavy atom. The van der Waals surface area contributed by atoms with Crippen LogP contribution in [0.1, 0.15) is 12.5 Å². The number of nitrogens with one attached hydrogen (secondary N) is 1. The molecule has 0 atom stereocenters. The zero-order chi connectivity index (χ0) is 15.2. The van der Waals surface area contributed by atoms with E-state index in [2.05, 4.69) is 21.2 Å². The van der Waals surface area contributed by atoms with Gasteiger partial charge in [0.2, 0.25) is 0 Å². The molecule has 0 amide bonds. The summed E-state index contributed by atoms with van der Waals surface area (Å²) in [5.41, 5.74) is 2.10. The largest absolute Gasteiger partial charge is 0.493 e. The van der Waals surface area contributed by atoms with Crippen molar-refractivity contribution in [1.82, 2.24) is 0 Å². The maximum Gasteiger partial charge on any atom is 0.162 e. The smallest absolute Gasteiger partial charge is 0.162 e. The molecule has 2 aromatic carbocycles. The Hall–Kier alpha value is -1.39. The van der Waals surface area contributed by atoms with Gasteiger partial charge in [-0.3, -0.25) is 0 Å². The van der Waals surface area contributed by atoms with Crippen molar-refractivity contribution in [3.05, 3.63) is 51.5 Å². The van der Waals surface area contributed by atoms with Crippen LogP contribution >= 0.6 is 27.5 Å². The standard InChI is InChI=1S/C16H17BrClNO2/c1-3-21-15-7-6-13(9-16(15)20-2)19-10-11-4-5-12(18)8-14(11)17/h4-9,19H,3,10H2,1-2H3. The van der Waals surface area contributed by atoms with Crippen molar-refractivity contribution >= 4 is 33.2 Å². The normalized spacial score (nSPS) is 10.3. The first-order valence-electron chi connectivity index (χ1n) is 6.62. The van der Waals surface area contributed by atoms with Gasteiger partial charge in [-0.05, 0) is 36.8 Å². The SMILES string of the molecule is CCOc1ccc(NCc2ccc(Cl)cc2Br)cc1OC. The van der Waals surface area contributed by atoms with E-state index in [4.69, 9.17) is 21.1 Å². The molecule has 5 heteroatoms. The molecule has 0 aliphatic rings. The lowest BCUT2D eigenvalue weighted by atomic mass is 10.2. The Labute approximate surface area is 138 Å². The molecule has 0 saturated heterocycles. The lowest BCUT2D eigenvalue weighted by Crippen LogP contribution is -2.01. The van der Waals surface area contributed by atoms with Crippen molar-refractivity contribution in [3.63, 3.8) is 0 Å². The lowest BCUT2D eigenvalue weighted by Gasteiger charge is -2.13. The van der Waals surface area contributed by atoms with Crippen molar-refractivity contribution in [2.45, 2.75) is 13.5 Å². The molecule has 0 radical (unpaired) electrons. The molecule has 0 saturated carbocycles. The van der Waals surface area contributed by atoms with Crippen LogP contribution in [-0.2, 0) is 6.54 Å². The molecule has 112 valence electrons. The van der Waals surface area contributed by atoms with Gasteiger partial charge in [-0.1, -0.05) is 33.6 Å². The van der Waals surface area contributed by atoms with Crippen LogP contribution in [0.3, 0.4) is 0 Å². The van der Waals surface area contributed by atoms with E-state index in [0.29, 0.717) is 18.2 Å². The van der Waals surface area contributed by atoms with Crippen LogP contribution in [0.15, 0.2) is 40.9 Å². The van der Waals surface area contributed by atoms with Crippen LogP contribution in [0.2, 0.25) is 5.02 Å². The van der Waals surface area contributed by atoms with E-state index < -0.39 is 0 Å². The fraction of sp³-hybridized carbons (Fsp3) is 0.250. The quantitative estimate of drug-likeness (QED) is 0.765. The van der Waals surface area contributed by atoms with Gasteiger partial charge in [0.15, 0.2) is 11.5 Å². The van der Waals surface area contributed by atoms with E-state index in [1.54, 1.807) is 7.11 Å². The molecule has 0 fully saturated rings. The molecule has 0 aliphatic heterocycles. The number of rotatable bonds is 6. The summed E-state index contributed by atoms with van der Waals surface area (Å²) >= 11 is 9.45. The first-order chi connectivity index (χ1) is 10.1. The molecule has 0 bridgehead atoms. The summed E-state index contributed by atoms with van der Waals surface area (Å²) in [6, 6.07) is 11.6. The molecule has 0 heterocycles. The molecule has 0 aromatic heterocycles. The number of ether oxygens (including phenoxy) is 2. The van der Waals surface area contributed by atoms with Gasteiger partial charge >= 0.3 is 0 Å². The van der Waals surface area contributed by atoms with Crippen LogP contribution in [0.5, 0.6) is 11.5 Å². The highest BCUT2D eigenvalue weighted by molar-refractivity contribution is 9.10. The van der Waals surface area contributed by atoms with Crippen LogP contribution in [0, 0.1) is 0 Å². The highest BCUT2D eigenvalue weighted by Crippen LogP contribution is 2.30. The molecular formula is C16H17BrClNO2. The summed E-state index contributed by atoms with van der Waals surface area (Å²) in [4.78, 5) is 0. The third-order valence-corrected chi connectivity index (χ3v) is 3.93. The van der Waals surface area contributed by atoms with Crippen LogP contribution < -0.4 is 14.8 Å². The highest BCUT2D eigenvalue weighted by atomic mass is 79.9. The van der Waals surface area contributed by atoms with Gasteiger partial charge in [0.1, 0.15) is 0 Å². The predicted molar refractivity (Wildman–Crippen MR) is 90.6 cm³/mol. The van der Waals surface area contributed by atoms with Crippen molar-refractivity contribution in [2.75, 3.05) is 19.0 Å². The zero-order valence-electron chi connectivity index (χ0n) is 12.0. The monoisotopic (exact) mass is 369 g/mol. The Morgan fingerprint density at radius 1 is 1.14 bits per heavy atom. The van der Waals surface area contributed by atoms with Crippen LogP contribution in [0.4, 0.5) is 5.69 Å². The van der Waals surface area contributed by atoms with Gasteiger partial charge in [0, 0.05) is 27.8 Å². The summed E-state index contributed by atoms with van der Waals surface area (Å²) < 4.78 is 11.8. The van der Waals surface area contributed by atoms with Gasteiger partial charge in [0.25, 0.3) is 0 Å². The molecule has 2 rings (SSSR count). The van der Waals surface area contributed by atoms with Crippen molar-refractivity contribution < 1.29 is 9.47 Å². The van der Waals surface area contributed by atoms with E-state index in [1.165, 1.54) is 0 Å². The topological polar surface area (TPSA) is 30.5 Å². The molecule has 1 N–H and O–H groups in total. The Balaban J connectivity index is 2.09. The fourth-order valence-corrected chi connectivity index (χ4v) is 2.74. The third-order valence-electron chi connectivity index (χ3n) is 2.96. The summed E-state index contributed by atoms with van der Waals surface area (Å²) in [7, 11) is 1.64. The van der Waals surface area contributed by atoms with Gasteiger partial charge in [-0.2, -0.15) is 0 Å². The number of anilines is 1. The predicted octanol–water partition coefficient (Wildman–Crippen LogP) is 5.12. The number of hydrogen-bond acceptors (Lipinski definition) is 3. The van der Waals surface area contributed by atoms with Crippen LogP contribution in [-0.4, -0.2) is 13.7 Å². The number of hydrogen-bond donors (Lipinski definition) is 1. The van der Waals surface area contributed by atoms with Gasteiger partial charge in [-0.15, -0.1) is 0 Å². The molecule has 0 spiro atoms. The molecule has 0 unspecified atom stereocenters. The van der Waals surface area contributed by atoms with E-state index in [0.717, 1.165) is 27.2 Å². The second-order valence-corrected chi connectivity index (χ2v) is 5.68. The van der Waals surface area contributed by atoms with Crippen molar-refractivity contribution in [1.29, 1.82) is 0 Å². The first kappa shape index (κ1) is 16.0. The van der Waals surface area contributed by atoms with Crippen molar-refractivity contribution in [2.24, 2.45) is 0 Å². The third kappa shape index (κ3) is 4.29. The molecule has 21 heavy (non-hydrogen) atoms. The second kappa shape index (κ2) is 7.57. The van der Waals surface area contributed by atoms with E-state index in [1.807, 2.05) is 43.3 Å². The van der Waals surface area contributed by atoms with E-state index >= 15 is 0 Å². The average Bonchev–Trinajstić information content (AvgIpc) is 2.47. The number of methoxy groups -OCH3 is 1. The maximum absolute atomic E-state index is 5.94. The minimum Gasteiger partial charge on any atom is -0.493 e. The second-order valence-electron chi connectivity index (χ2n) is 4.39. The number of benzene rings is 2. The summed E-state index contributed by atoms with van der Waals surface area (Å²) in [5, 5.41) is 4.07. The first-order valence-corrected chi connectivity index (χ1v) is 7.79. The Bertz CT molecular complexity index is 619. The minimum absolute atomic E-state index is 0.612. The van der Waals surface area contributed by atoms with Gasteiger partial charge in [-0.25, -0.2) is 0 Å². The zero-order valence-corrected chi connectivity index (χ0v) is 14.3. The van der Waals surface area contributed by atoms with E-state index in [9.17, 15) is 0 Å². The van der Waals surface area contributed by atoms with Gasteiger partial charge in [0.05, 0.1) is 13.7 Å². The van der Waals surface area contributed by atoms with E-state index in [-0.39, 0.29) is 0 Å². The summed E-state index contributed by atoms with van der Waals surface area (Å²) in [6.07, 6.45) is 0. The summed E-state index contributed by atoms with van der Waals surface area (Å²) in [6.45, 7) is 3.25. The number of halogens is 2. The molecule has 3 nitrogen and oxygen atoms in total. The molecule has 0 aliphatic carbocycles. The fourth-order valence-electron chi connectivity index (χ4n) is 1.91. The molecular weight excluding hydrogens is 354 g/mol. The summed E-state index contributed by atoms with van der Waals surface area (Å²) in [5.74, 6) is 1.47. The molecule has 2 aromatic rings. The highest BCUT2D eigenvalue weighted by Gasteiger charge is 2.06. The van der Waals surface area contributed by atoms with Gasteiger partial charge < -0.3 is 14.8 Å². The minimum atomic E-state index is 0.612. The lowest BCUT2D eigenvalue weighted by molar-refractivity contribution is 0.311. The van der Waals surface area contributed by atoms with Crippen LogP contribution in [0.25, 0.3) is 0 Å². The maximum atomic E-state index is 5.94.